The summed E-state index contributed by atoms with van der Waals surface area (Å²) in [6, 6.07) is 9.72. The van der Waals surface area contributed by atoms with Gasteiger partial charge in [-0.2, -0.15) is 0 Å². The fraction of sp³-hybridized carbons (Fsp3) is 0.172. The topological polar surface area (TPSA) is 12.4 Å². The Labute approximate surface area is 262 Å². The quantitative estimate of drug-likeness (QED) is 0.190. The van der Waals surface area contributed by atoms with Gasteiger partial charge in [-0.05, 0) is 75.2 Å². The van der Waals surface area contributed by atoms with Crippen molar-refractivity contribution in [2.24, 2.45) is 10.9 Å². The first kappa shape index (κ1) is 30.1. The van der Waals surface area contributed by atoms with E-state index in [2.05, 4.69) is 27.7 Å². The molecule has 0 atom stereocenters. The van der Waals surface area contributed by atoms with E-state index in [1.807, 2.05) is 6.21 Å². The van der Waals surface area contributed by atoms with Crippen LogP contribution in [0.3, 0.4) is 0 Å². The van der Waals surface area contributed by atoms with Crippen molar-refractivity contribution in [3.05, 3.63) is 121 Å². The van der Waals surface area contributed by atoms with Crippen LogP contribution in [0.4, 0.5) is 5.69 Å². The molecule has 0 fully saturated rings. The summed E-state index contributed by atoms with van der Waals surface area (Å²) in [5.74, 6) is 0.557. The first-order chi connectivity index (χ1) is 17.8. The van der Waals surface area contributed by atoms with E-state index in [1.54, 1.807) is 36.4 Å². The maximum absolute atomic E-state index is 6.88. The van der Waals surface area contributed by atoms with Crippen molar-refractivity contribution in [3.8, 4) is 0 Å². The molecule has 0 spiro atoms. The van der Waals surface area contributed by atoms with Crippen LogP contribution in [0.2, 0.25) is 40.2 Å². The van der Waals surface area contributed by atoms with Crippen LogP contribution in [0.15, 0.2) is 63.7 Å². The number of nitrogens with zero attached hydrogens (tertiary/aromatic N) is 1. The second kappa shape index (κ2) is 11.9. The molecule has 0 bridgehead atoms. The van der Waals surface area contributed by atoms with Crippen LogP contribution in [-0.4, -0.2) is 6.21 Å². The average molecular weight is 666 g/mol. The van der Waals surface area contributed by atoms with Crippen LogP contribution in [0.25, 0.3) is 0 Å². The molecule has 1 radical (unpaired) electrons. The first-order valence-electron chi connectivity index (χ1n) is 11.4. The molecule has 9 heteroatoms. The number of halogens is 8. The summed E-state index contributed by atoms with van der Waals surface area (Å²) in [4.78, 5) is 4.71. The lowest BCUT2D eigenvalue weighted by molar-refractivity contribution is 0.979. The Balaban J connectivity index is 1.89. The fourth-order valence-corrected chi connectivity index (χ4v) is 7.25. The highest BCUT2D eigenvalue weighted by molar-refractivity contribution is 6.43. The smallest absolute Gasteiger partial charge is 0.0720 e. The Morgan fingerprint density at radius 1 is 0.553 bits per heavy atom. The van der Waals surface area contributed by atoms with Crippen molar-refractivity contribution in [1.82, 2.24) is 0 Å². The molecule has 0 heterocycles. The molecule has 197 valence electrons. The highest BCUT2D eigenvalue weighted by Crippen LogP contribution is 2.50. The van der Waals surface area contributed by atoms with Gasteiger partial charge in [0, 0.05) is 69.0 Å². The fourth-order valence-electron chi connectivity index (χ4n) is 4.58. The standard InChI is InChI=1S/C29H20Cl8N/c1-12-13(2)15(4)19(14(12)3)11-38-18-9-24(36)28(25(37)10-18)29(26-20(32)5-16(30)6-21(26)33)27-22(34)7-17(31)8-23(27)35/h5-11,19H,1-4H3. The molecule has 3 aromatic rings. The third-order valence-corrected chi connectivity index (χ3v) is 9.07. The van der Waals surface area contributed by atoms with Gasteiger partial charge in [0.15, 0.2) is 0 Å². The zero-order valence-electron chi connectivity index (χ0n) is 20.6. The van der Waals surface area contributed by atoms with E-state index < -0.39 is 0 Å². The predicted octanol–water partition coefficient (Wildman–Crippen LogP) is 12.9. The van der Waals surface area contributed by atoms with Gasteiger partial charge >= 0.3 is 0 Å². The largest absolute Gasteiger partial charge is 0.260 e. The predicted molar refractivity (Wildman–Crippen MR) is 168 cm³/mol. The van der Waals surface area contributed by atoms with Crippen molar-refractivity contribution >= 4 is 105 Å². The Morgan fingerprint density at radius 2 is 0.868 bits per heavy atom. The molecule has 38 heavy (non-hydrogen) atoms. The van der Waals surface area contributed by atoms with Crippen molar-refractivity contribution in [2.45, 2.75) is 27.7 Å². The summed E-state index contributed by atoms with van der Waals surface area (Å²) in [5.41, 5.74) is 6.98. The molecule has 4 rings (SSSR count). The number of benzene rings is 3. The Hall–Kier alpha value is -0.870. The number of rotatable bonds is 5. The third-order valence-electron chi connectivity index (χ3n) is 6.84. The minimum absolute atomic E-state index is 0.118. The molecular weight excluding hydrogens is 646 g/mol. The van der Waals surface area contributed by atoms with Gasteiger partial charge in [0.25, 0.3) is 0 Å². The third kappa shape index (κ3) is 5.78. The van der Waals surface area contributed by atoms with Gasteiger partial charge < -0.3 is 0 Å². The van der Waals surface area contributed by atoms with Gasteiger partial charge in [-0.1, -0.05) is 104 Å². The molecule has 1 aliphatic carbocycles. The molecule has 1 aliphatic rings. The maximum Gasteiger partial charge on any atom is 0.0720 e. The molecule has 0 aliphatic heterocycles. The zero-order valence-corrected chi connectivity index (χ0v) is 26.6. The molecule has 0 aromatic heterocycles. The summed E-state index contributed by atoms with van der Waals surface area (Å²) < 4.78 is 0. The van der Waals surface area contributed by atoms with Crippen LogP contribution in [0.1, 0.15) is 44.4 Å². The van der Waals surface area contributed by atoms with Gasteiger partial charge in [0.1, 0.15) is 0 Å². The van der Waals surface area contributed by atoms with Gasteiger partial charge in [-0.25, -0.2) is 0 Å². The van der Waals surface area contributed by atoms with E-state index in [0.29, 0.717) is 48.4 Å². The minimum atomic E-state index is 0.118. The van der Waals surface area contributed by atoms with Crippen molar-refractivity contribution in [3.63, 3.8) is 0 Å². The van der Waals surface area contributed by atoms with Gasteiger partial charge in [-0.3, -0.25) is 4.99 Å². The van der Waals surface area contributed by atoms with E-state index in [4.69, 9.17) is 97.8 Å². The van der Waals surface area contributed by atoms with Crippen LogP contribution < -0.4 is 0 Å². The number of hydrogen-bond acceptors (Lipinski definition) is 1. The minimum Gasteiger partial charge on any atom is -0.260 e. The highest BCUT2D eigenvalue weighted by atomic mass is 35.5. The molecule has 0 N–H and O–H groups in total. The van der Waals surface area contributed by atoms with Crippen LogP contribution >= 0.6 is 92.8 Å². The summed E-state index contributed by atoms with van der Waals surface area (Å²) in [6.07, 6.45) is 1.91. The average Bonchev–Trinajstić information content (AvgIpc) is 2.98. The second-order valence-electron chi connectivity index (χ2n) is 9.02. The van der Waals surface area contributed by atoms with E-state index in [9.17, 15) is 0 Å². The molecular formula is C29H20Cl8N. The normalized spacial score (nSPS) is 14.7. The molecule has 0 amide bonds. The van der Waals surface area contributed by atoms with Gasteiger partial charge in [0.05, 0.1) is 11.6 Å². The van der Waals surface area contributed by atoms with Crippen LogP contribution in [-0.2, 0) is 0 Å². The van der Waals surface area contributed by atoms with E-state index in [0.717, 1.165) is 0 Å². The van der Waals surface area contributed by atoms with Crippen molar-refractivity contribution < 1.29 is 0 Å². The van der Waals surface area contributed by atoms with Gasteiger partial charge in [-0.15, -0.1) is 0 Å². The lowest BCUT2D eigenvalue weighted by Gasteiger charge is -2.25. The monoisotopic (exact) mass is 662 g/mol. The lowest BCUT2D eigenvalue weighted by atomic mass is 9.84. The van der Waals surface area contributed by atoms with E-state index in [-0.39, 0.29) is 26.0 Å². The second-order valence-corrected chi connectivity index (χ2v) is 12.3. The first-order valence-corrected chi connectivity index (χ1v) is 14.4. The summed E-state index contributed by atoms with van der Waals surface area (Å²) in [5, 5.41) is 2.42. The number of aliphatic imine (C=N–C) groups is 1. The van der Waals surface area contributed by atoms with Crippen LogP contribution in [0, 0.1) is 11.8 Å². The lowest BCUT2D eigenvalue weighted by Crippen LogP contribution is -2.10. The SMILES string of the molecule is CC1=C(C)C(C=Nc2cc(Cl)c([C](c3c(Cl)cc(Cl)cc3Cl)c3c(Cl)cc(Cl)cc3Cl)c(Cl)c2)C(C)=C1C. The summed E-state index contributed by atoms with van der Waals surface area (Å²) in [7, 11) is 0. The number of allylic oxidation sites excluding steroid dienone is 4. The molecule has 1 nitrogen and oxygen atoms in total. The Morgan fingerprint density at radius 3 is 1.21 bits per heavy atom. The van der Waals surface area contributed by atoms with Crippen LogP contribution in [0.5, 0.6) is 0 Å². The summed E-state index contributed by atoms with van der Waals surface area (Å²) >= 11 is 52.8. The molecule has 0 saturated heterocycles. The molecule has 0 unspecified atom stereocenters. The molecule has 3 aromatic carbocycles. The maximum atomic E-state index is 6.88. The van der Waals surface area contributed by atoms with E-state index >= 15 is 0 Å². The highest BCUT2D eigenvalue weighted by Gasteiger charge is 2.32. The van der Waals surface area contributed by atoms with Crippen molar-refractivity contribution in [2.75, 3.05) is 0 Å². The van der Waals surface area contributed by atoms with E-state index in [1.165, 1.54) is 22.3 Å². The Bertz CT molecular complexity index is 1400. The number of hydrogen-bond donors (Lipinski definition) is 0. The van der Waals surface area contributed by atoms with Gasteiger partial charge in [0.2, 0.25) is 0 Å². The molecule has 0 saturated carbocycles. The summed E-state index contributed by atoms with van der Waals surface area (Å²) in [6.45, 7) is 8.49. The Kier molecular flexibility index (Phi) is 9.45. The van der Waals surface area contributed by atoms with Crippen molar-refractivity contribution in [1.29, 1.82) is 0 Å². The zero-order chi connectivity index (χ0) is 28.0.